The van der Waals surface area contributed by atoms with Crippen LogP contribution in [0.4, 0.5) is 4.39 Å². The number of nitrogens with zero attached hydrogens (tertiary/aromatic N) is 2. The number of amides is 3. The summed E-state index contributed by atoms with van der Waals surface area (Å²) in [5.74, 6) is -0.636. The van der Waals surface area contributed by atoms with Crippen molar-refractivity contribution in [2.75, 3.05) is 33.3 Å². The Labute approximate surface area is 299 Å². The van der Waals surface area contributed by atoms with Crippen molar-refractivity contribution in [1.82, 2.24) is 15.1 Å². The number of benzene rings is 3. The average molecular weight is 750 g/mol. The Bertz CT molecular complexity index is 1700. The molecule has 2 aliphatic rings. The van der Waals surface area contributed by atoms with Gasteiger partial charge in [0.15, 0.2) is 0 Å². The molecule has 1 saturated heterocycles. The molecule has 3 aromatic rings. The van der Waals surface area contributed by atoms with Crippen LogP contribution in [0, 0.1) is 5.82 Å². The van der Waals surface area contributed by atoms with Gasteiger partial charge in [0.1, 0.15) is 17.7 Å². The predicted molar refractivity (Wildman–Crippen MR) is 190 cm³/mol. The second kappa shape index (κ2) is 17.4. The van der Waals surface area contributed by atoms with Gasteiger partial charge >= 0.3 is 0 Å². The molecule has 50 heavy (non-hydrogen) atoms. The third-order valence-corrected chi connectivity index (χ3v) is 9.70. The van der Waals surface area contributed by atoms with E-state index in [9.17, 15) is 23.6 Å². The number of likely N-dealkylation sites (N-methyl/N-ethyl adjacent to an activating group) is 1. The second-order valence-electron chi connectivity index (χ2n) is 12.7. The van der Waals surface area contributed by atoms with Crippen molar-refractivity contribution >= 4 is 45.7 Å². The van der Waals surface area contributed by atoms with Gasteiger partial charge in [0.05, 0.1) is 23.7 Å². The highest BCUT2D eigenvalue weighted by Gasteiger charge is 2.40. The van der Waals surface area contributed by atoms with Gasteiger partial charge in [0.25, 0.3) is 12.4 Å². The van der Waals surface area contributed by atoms with E-state index in [1.54, 1.807) is 22.9 Å². The molecule has 3 N–H and O–H groups in total. The Hall–Kier alpha value is -4.55. The van der Waals surface area contributed by atoms with Gasteiger partial charge in [-0.15, -0.1) is 0 Å². The van der Waals surface area contributed by atoms with E-state index in [2.05, 4.69) is 21.2 Å². The molecule has 10 nitrogen and oxygen atoms in total. The highest BCUT2D eigenvalue weighted by molar-refractivity contribution is 9.10. The van der Waals surface area contributed by atoms with Crippen LogP contribution in [0.25, 0.3) is 5.57 Å². The summed E-state index contributed by atoms with van der Waals surface area (Å²) in [4.78, 5) is 53.5. The van der Waals surface area contributed by atoms with Crippen LogP contribution in [0.3, 0.4) is 0 Å². The number of primary amides is 1. The molecule has 2 heterocycles. The summed E-state index contributed by atoms with van der Waals surface area (Å²) < 4.78 is 25.5. The summed E-state index contributed by atoms with van der Waals surface area (Å²) in [5.41, 5.74) is 9.54. The fraction of sp³-hybridized carbons (Fsp3) is 0.368. The maximum absolute atomic E-state index is 14.4. The molecule has 0 unspecified atom stereocenters. The zero-order valence-electron chi connectivity index (χ0n) is 28.0. The first-order chi connectivity index (χ1) is 24.1. The number of nitrogens with two attached hydrogens (primary N) is 1. The van der Waals surface area contributed by atoms with E-state index < -0.39 is 18.1 Å². The number of aryl methyl sites for hydroxylation is 1. The van der Waals surface area contributed by atoms with Crippen LogP contribution in [0.2, 0.25) is 0 Å². The summed E-state index contributed by atoms with van der Waals surface area (Å²) in [6.07, 6.45) is 2.07. The molecule has 264 valence electrons. The molecular formula is C38H42BrFN4O6. The van der Waals surface area contributed by atoms with Crippen molar-refractivity contribution in [3.63, 3.8) is 0 Å². The van der Waals surface area contributed by atoms with Gasteiger partial charge in [0, 0.05) is 50.7 Å². The molecule has 0 aliphatic carbocycles. The van der Waals surface area contributed by atoms with Crippen LogP contribution < -0.4 is 15.8 Å². The maximum atomic E-state index is 14.4. The summed E-state index contributed by atoms with van der Waals surface area (Å²) in [6, 6.07) is 21.3. The monoisotopic (exact) mass is 748 g/mol. The zero-order valence-corrected chi connectivity index (χ0v) is 29.6. The number of piperazine rings is 1. The zero-order chi connectivity index (χ0) is 35.6. The number of carbonyl (C=O) groups excluding carboxylic acids is 4. The number of carbonyl (C=O) groups is 4. The molecule has 1 fully saturated rings. The summed E-state index contributed by atoms with van der Waals surface area (Å²) >= 11 is 3.39. The van der Waals surface area contributed by atoms with E-state index >= 15 is 0 Å². The first-order valence-electron chi connectivity index (χ1n) is 16.7. The lowest BCUT2D eigenvalue weighted by atomic mass is 9.82. The van der Waals surface area contributed by atoms with Gasteiger partial charge in [-0.05, 0) is 76.0 Å². The van der Waals surface area contributed by atoms with E-state index in [4.69, 9.17) is 15.2 Å². The highest BCUT2D eigenvalue weighted by atomic mass is 79.9. The standard InChI is InChI=1S/C38H42BrFN4O6/c1-43(23-34(50-24-45)27-8-3-2-4-9-27)38(48)37-30(20-29-21-44(22-32(37)42-29)36(47)11-5-10-35(41)46)26-14-12-25(13-15-26)7-6-18-49-33-19-28(40)16-17-31(33)39/h2-4,8-9,12-17,19,24,29,32,34,42H,5-7,10-11,18,20-23H2,1H3,(H2,41,46)/t29-,32-,34+/m1/s1. The predicted octanol–water partition coefficient (Wildman–Crippen LogP) is 4.95. The molecule has 3 amide bonds. The molecule has 3 atom stereocenters. The first kappa shape index (κ1) is 36.7. The SMILES string of the molecule is CN(C[C@H](OC=O)c1ccccc1)C(=O)C1=C(c2ccc(CCCOc3cc(F)ccc3Br)cc2)C[C@@H]2CN(C(=O)CCCC(N)=O)C[C@H]1N2. The number of fused-ring (bicyclic) bond motifs is 2. The Morgan fingerprint density at radius 2 is 1.82 bits per heavy atom. The Balaban J connectivity index is 1.35. The van der Waals surface area contributed by atoms with Crippen LogP contribution in [0.5, 0.6) is 5.75 Å². The Kier molecular flexibility index (Phi) is 12.8. The van der Waals surface area contributed by atoms with E-state index in [0.717, 1.165) is 35.1 Å². The lowest BCUT2D eigenvalue weighted by Crippen LogP contribution is -2.62. The van der Waals surface area contributed by atoms with E-state index in [-0.39, 0.29) is 43.1 Å². The summed E-state index contributed by atoms with van der Waals surface area (Å²) in [6.45, 7) is 1.73. The third-order valence-electron chi connectivity index (χ3n) is 9.04. The normalized spacial score (nSPS) is 17.5. The van der Waals surface area contributed by atoms with E-state index in [1.807, 2.05) is 54.6 Å². The molecule has 0 aromatic heterocycles. The quantitative estimate of drug-likeness (QED) is 0.157. The van der Waals surface area contributed by atoms with Gasteiger partial charge in [0.2, 0.25) is 11.8 Å². The number of nitrogens with one attached hydrogen (secondary N) is 1. The molecule has 0 radical (unpaired) electrons. The van der Waals surface area contributed by atoms with Crippen molar-refractivity contribution in [2.45, 2.75) is 56.7 Å². The topological polar surface area (TPSA) is 131 Å². The Morgan fingerprint density at radius 3 is 2.54 bits per heavy atom. The van der Waals surface area contributed by atoms with Crippen molar-refractivity contribution in [3.05, 3.63) is 105 Å². The number of rotatable bonds is 16. The fourth-order valence-corrected chi connectivity index (χ4v) is 6.92. The summed E-state index contributed by atoms with van der Waals surface area (Å²) in [5, 5.41) is 3.57. The lowest BCUT2D eigenvalue weighted by Gasteiger charge is -2.45. The van der Waals surface area contributed by atoms with Gasteiger partial charge < -0.3 is 30.3 Å². The molecule has 3 aromatic carbocycles. The molecular weight excluding hydrogens is 707 g/mol. The average Bonchev–Trinajstić information content (AvgIpc) is 3.11. The second-order valence-corrected chi connectivity index (χ2v) is 13.5. The van der Waals surface area contributed by atoms with Crippen molar-refractivity contribution in [1.29, 1.82) is 0 Å². The van der Waals surface area contributed by atoms with Gasteiger partial charge in [-0.2, -0.15) is 0 Å². The smallest absolute Gasteiger partial charge is 0.293 e. The van der Waals surface area contributed by atoms with Crippen LogP contribution in [0.15, 0.2) is 82.8 Å². The number of ether oxygens (including phenoxy) is 2. The molecule has 2 aliphatic heterocycles. The number of halogens is 2. The molecule has 0 saturated carbocycles. The van der Waals surface area contributed by atoms with Gasteiger partial charge in [-0.25, -0.2) is 4.39 Å². The van der Waals surface area contributed by atoms with Gasteiger partial charge in [-0.3, -0.25) is 19.2 Å². The van der Waals surface area contributed by atoms with Crippen LogP contribution in [-0.2, 0) is 30.3 Å². The highest BCUT2D eigenvalue weighted by Crippen LogP contribution is 2.35. The largest absolute Gasteiger partial charge is 0.492 e. The van der Waals surface area contributed by atoms with Crippen LogP contribution in [0.1, 0.15) is 54.9 Å². The minimum absolute atomic E-state index is 0.0693. The Morgan fingerprint density at radius 1 is 1.06 bits per heavy atom. The minimum Gasteiger partial charge on any atom is -0.492 e. The number of hydrogen-bond acceptors (Lipinski definition) is 7. The molecule has 12 heteroatoms. The van der Waals surface area contributed by atoms with E-state index in [1.165, 1.54) is 12.1 Å². The van der Waals surface area contributed by atoms with Gasteiger partial charge in [-0.1, -0.05) is 54.6 Å². The summed E-state index contributed by atoms with van der Waals surface area (Å²) in [7, 11) is 1.69. The third kappa shape index (κ3) is 9.57. The van der Waals surface area contributed by atoms with Crippen LogP contribution in [-0.4, -0.2) is 79.4 Å². The van der Waals surface area contributed by atoms with E-state index in [0.29, 0.717) is 54.8 Å². The fourth-order valence-electron chi connectivity index (χ4n) is 6.56. The molecule has 0 spiro atoms. The molecule has 2 bridgehead atoms. The lowest BCUT2D eigenvalue weighted by molar-refractivity contribution is -0.138. The van der Waals surface area contributed by atoms with Crippen molar-refractivity contribution in [3.8, 4) is 5.75 Å². The van der Waals surface area contributed by atoms with Crippen molar-refractivity contribution < 1.29 is 33.0 Å². The van der Waals surface area contributed by atoms with Crippen molar-refractivity contribution in [2.24, 2.45) is 5.73 Å². The molecule has 5 rings (SSSR count). The number of hydrogen-bond donors (Lipinski definition) is 2. The van der Waals surface area contributed by atoms with Crippen LogP contribution >= 0.6 is 15.9 Å². The first-order valence-corrected chi connectivity index (χ1v) is 17.5. The minimum atomic E-state index is -0.657. The maximum Gasteiger partial charge on any atom is 0.293 e.